The monoisotopic (exact) mass is 431 g/mol. The molecule has 0 spiro atoms. The van der Waals surface area contributed by atoms with Crippen LogP contribution < -0.4 is 10.9 Å². The standard InChI is InChI=1S/C21H29N5O3S/c1-13-6-8-26(9-7-13)30(28,29)19-12-18(10-14(2)17(19)5)20(27)24-25-21-22-15(3)11-16(4)23-21/h10-13H,6-9H2,1-5H3,(H,24,27)(H,22,23,25). The maximum absolute atomic E-state index is 13.3. The van der Waals surface area contributed by atoms with E-state index in [0.29, 0.717) is 24.6 Å². The summed E-state index contributed by atoms with van der Waals surface area (Å²) in [5.41, 5.74) is 8.48. The summed E-state index contributed by atoms with van der Waals surface area (Å²) in [7, 11) is -3.66. The van der Waals surface area contributed by atoms with Gasteiger partial charge in [0, 0.05) is 30.0 Å². The van der Waals surface area contributed by atoms with Gasteiger partial charge in [-0.1, -0.05) is 6.92 Å². The molecule has 0 atom stereocenters. The third-order valence-electron chi connectivity index (χ3n) is 5.51. The lowest BCUT2D eigenvalue weighted by Gasteiger charge is -2.30. The Labute approximate surface area is 178 Å². The highest BCUT2D eigenvalue weighted by Gasteiger charge is 2.30. The fourth-order valence-electron chi connectivity index (χ4n) is 3.56. The molecule has 1 amide bonds. The molecule has 1 fully saturated rings. The number of aryl methyl sites for hydroxylation is 3. The molecule has 3 rings (SSSR count). The molecule has 8 nitrogen and oxygen atoms in total. The quantitative estimate of drug-likeness (QED) is 0.706. The Bertz CT molecular complexity index is 1040. The third-order valence-corrected chi connectivity index (χ3v) is 7.54. The van der Waals surface area contributed by atoms with Gasteiger partial charge in [0.25, 0.3) is 5.91 Å². The second-order valence-electron chi connectivity index (χ2n) is 8.06. The van der Waals surface area contributed by atoms with Crippen LogP contribution in [0.1, 0.15) is 52.6 Å². The maximum atomic E-state index is 13.3. The van der Waals surface area contributed by atoms with E-state index in [1.54, 1.807) is 13.0 Å². The maximum Gasteiger partial charge on any atom is 0.269 e. The summed E-state index contributed by atoms with van der Waals surface area (Å²) >= 11 is 0. The van der Waals surface area contributed by atoms with E-state index in [1.165, 1.54) is 10.4 Å². The number of piperidine rings is 1. The van der Waals surface area contributed by atoms with Gasteiger partial charge in [0.15, 0.2) is 0 Å². The first kappa shape index (κ1) is 22.2. The van der Waals surface area contributed by atoms with Crippen molar-refractivity contribution >= 4 is 21.9 Å². The predicted molar refractivity (Wildman–Crippen MR) is 116 cm³/mol. The van der Waals surface area contributed by atoms with Crippen LogP contribution >= 0.6 is 0 Å². The second-order valence-corrected chi connectivity index (χ2v) is 9.96. The number of amides is 1. The normalized spacial score (nSPS) is 15.8. The third kappa shape index (κ3) is 4.79. The molecule has 1 aromatic heterocycles. The van der Waals surface area contributed by atoms with Crippen LogP contribution in [0.15, 0.2) is 23.1 Å². The fourth-order valence-corrected chi connectivity index (χ4v) is 5.35. The van der Waals surface area contributed by atoms with E-state index in [1.807, 2.05) is 26.8 Å². The van der Waals surface area contributed by atoms with Crippen molar-refractivity contribution in [2.45, 2.75) is 52.4 Å². The molecule has 1 saturated heterocycles. The molecule has 1 aromatic carbocycles. The number of hydrazine groups is 1. The Hall–Kier alpha value is -2.52. The summed E-state index contributed by atoms with van der Waals surface area (Å²) in [4.78, 5) is 21.3. The number of nitrogens with one attached hydrogen (secondary N) is 2. The molecular formula is C21H29N5O3S. The molecule has 162 valence electrons. The molecule has 0 saturated carbocycles. The summed E-state index contributed by atoms with van der Waals surface area (Å²) in [6.45, 7) is 10.4. The largest absolute Gasteiger partial charge is 0.269 e. The van der Waals surface area contributed by atoms with E-state index in [9.17, 15) is 13.2 Å². The van der Waals surface area contributed by atoms with Gasteiger partial charge in [0.2, 0.25) is 16.0 Å². The zero-order chi connectivity index (χ0) is 22.1. The molecule has 0 radical (unpaired) electrons. The number of aromatic nitrogens is 2. The predicted octanol–water partition coefficient (Wildman–Crippen LogP) is 2.89. The van der Waals surface area contributed by atoms with Crippen molar-refractivity contribution in [2.75, 3.05) is 18.5 Å². The highest BCUT2D eigenvalue weighted by Crippen LogP contribution is 2.28. The molecule has 2 aromatic rings. The lowest BCUT2D eigenvalue weighted by Crippen LogP contribution is -2.38. The minimum atomic E-state index is -3.66. The number of rotatable bonds is 5. The Balaban J connectivity index is 1.84. The van der Waals surface area contributed by atoms with E-state index in [4.69, 9.17) is 0 Å². The Morgan fingerprint density at radius 3 is 2.23 bits per heavy atom. The van der Waals surface area contributed by atoms with Gasteiger partial charge in [-0.05, 0) is 75.8 Å². The van der Waals surface area contributed by atoms with Crippen LogP contribution in [0.2, 0.25) is 0 Å². The highest BCUT2D eigenvalue weighted by molar-refractivity contribution is 7.89. The lowest BCUT2D eigenvalue weighted by molar-refractivity contribution is 0.0962. The SMILES string of the molecule is Cc1cc(C)nc(NNC(=O)c2cc(C)c(C)c(S(=O)(=O)N3CCC(C)CC3)c2)n1. The minimum Gasteiger partial charge on any atom is -0.267 e. The molecular weight excluding hydrogens is 402 g/mol. The van der Waals surface area contributed by atoms with Crippen LogP contribution in [0, 0.1) is 33.6 Å². The minimum absolute atomic E-state index is 0.185. The summed E-state index contributed by atoms with van der Waals surface area (Å²) < 4.78 is 28.0. The number of benzene rings is 1. The first-order valence-corrected chi connectivity index (χ1v) is 11.5. The first-order valence-electron chi connectivity index (χ1n) is 10.1. The van der Waals surface area contributed by atoms with Gasteiger partial charge in [-0.15, -0.1) is 0 Å². The van der Waals surface area contributed by atoms with Gasteiger partial charge in [0.1, 0.15) is 0 Å². The molecule has 0 unspecified atom stereocenters. The van der Waals surface area contributed by atoms with Crippen molar-refractivity contribution < 1.29 is 13.2 Å². The van der Waals surface area contributed by atoms with Gasteiger partial charge in [0.05, 0.1) is 4.90 Å². The Morgan fingerprint density at radius 1 is 1.03 bits per heavy atom. The number of anilines is 1. The van der Waals surface area contributed by atoms with Crippen molar-refractivity contribution in [1.29, 1.82) is 0 Å². The van der Waals surface area contributed by atoms with Crippen molar-refractivity contribution in [2.24, 2.45) is 5.92 Å². The van der Waals surface area contributed by atoms with E-state index < -0.39 is 15.9 Å². The van der Waals surface area contributed by atoms with Gasteiger partial charge < -0.3 is 0 Å². The topological polar surface area (TPSA) is 104 Å². The number of carbonyl (C=O) groups is 1. The van der Waals surface area contributed by atoms with Crippen LogP contribution in [0.3, 0.4) is 0 Å². The second kappa shape index (κ2) is 8.69. The van der Waals surface area contributed by atoms with E-state index in [-0.39, 0.29) is 16.4 Å². The van der Waals surface area contributed by atoms with Crippen LogP contribution in [0.25, 0.3) is 0 Å². The van der Waals surface area contributed by atoms with Crippen molar-refractivity contribution in [3.63, 3.8) is 0 Å². The highest BCUT2D eigenvalue weighted by atomic mass is 32.2. The van der Waals surface area contributed by atoms with Crippen LogP contribution in [-0.4, -0.2) is 41.7 Å². The van der Waals surface area contributed by atoms with E-state index >= 15 is 0 Å². The van der Waals surface area contributed by atoms with Crippen molar-refractivity contribution in [1.82, 2.24) is 19.7 Å². The zero-order valence-corrected chi connectivity index (χ0v) is 18.9. The van der Waals surface area contributed by atoms with Gasteiger partial charge in [-0.25, -0.2) is 18.4 Å². The zero-order valence-electron chi connectivity index (χ0n) is 18.1. The summed E-state index contributed by atoms with van der Waals surface area (Å²) in [5.74, 6) is 0.347. The summed E-state index contributed by atoms with van der Waals surface area (Å²) in [6.07, 6.45) is 1.69. The smallest absolute Gasteiger partial charge is 0.267 e. The van der Waals surface area contributed by atoms with Crippen LogP contribution in [0.5, 0.6) is 0 Å². The molecule has 9 heteroatoms. The van der Waals surface area contributed by atoms with Crippen LogP contribution in [-0.2, 0) is 10.0 Å². The summed E-state index contributed by atoms with van der Waals surface area (Å²) in [5, 5.41) is 0. The summed E-state index contributed by atoms with van der Waals surface area (Å²) in [6, 6.07) is 4.97. The van der Waals surface area contributed by atoms with Gasteiger partial charge >= 0.3 is 0 Å². The molecule has 0 aliphatic carbocycles. The van der Waals surface area contributed by atoms with Crippen molar-refractivity contribution in [3.05, 3.63) is 46.3 Å². The molecule has 1 aliphatic heterocycles. The molecule has 2 heterocycles. The lowest BCUT2D eigenvalue weighted by atomic mass is 10.0. The number of carbonyl (C=O) groups excluding carboxylic acids is 1. The average Bonchev–Trinajstić information content (AvgIpc) is 2.67. The van der Waals surface area contributed by atoms with E-state index in [0.717, 1.165) is 29.8 Å². The Morgan fingerprint density at radius 2 is 1.63 bits per heavy atom. The number of nitrogens with zero attached hydrogens (tertiary/aromatic N) is 3. The Kier molecular flexibility index (Phi) is 6.42. The van der Waals surface area contributed by atoms with Gasteiger partial charge in [-0.3, -0.25) is 15.6 Å². The average molecular weight is 432 g/mol. The molecule has 0 bridgehead atoms. The fraction of sp³-hybridized carbons (Fsp3) is 0.476. The van der Waals surface area contributed by atoms with E-state index in [2.05, 4.69) is 27.7 Å². The van der Waals surface area contributed by atoms with Gasteiger partial charge in [-0.2, -0.15) is 4.31 Å². The first-order chi connectivity index (χ1) is 14.1. The van der Waals surface area contributed by atoms with Crippen molar-refractivity contribution in [3.8, 4) is 0 Å². The molecule has 30 heavy (non-hydrogen) atoms. The number of hydrogen-bond donors (Lipinski definition) is 2. The molecule has 1 aliphatic rings. The van der Waals surface area contributed by atoms with Crippen LogP contribution in [0.4, 0.5) is 5.95 Å². The molecule has 2 N–H and O–H groups in total. The number of sulfonamides is 1. The number of hydrogen-bond acceptors (Lipinski definition) is 6.